The van der Waals surface area contributed by atoms with Gasteiger partial charge in [0.1, 0.15) is 18.1 Å². The molecule has 0 spiro atoms. The zero-order valence-corrected chi connectivity index (χ0v) is 7.83. The van der Waals surface area contributed by atoms with Gasteiger partial charge in [-0.2, -0.15) is 0 Å². The summed E-state index contributed by atoms with van der Waals surface area (Å²) in [6, 6.07) is 0. The zero-order chi connectivity index (χ0) is 9.97. The number of aliphatic hydroxyl groups is 1. The van der Waals surface area contributed by atoms with Gasteiger partial charge < -0.3 is 9.67 Å². The maximum Gasteiger partial charge on any atom is 0.134 e. The maximum atomic E-state index is 8.97. The Hall–Kier alpha value is -1.69. The first-order valence-corrected chi connectivity index (χ1v) is 4.25. The third-order valence-corrected chi connectivity index (χ3v) is 1.93. The highest BCUT2D eigenvalue weighted by Gasteiger charge is 2.04. The number of imidazole rings is 1. The van der Waals surface area contributed by atoms with E-state index in [2.05, 4.69) is 15.3 Å². The largest absolute Gasteiger partial charge is 0.388 e. The molecule has 0 saturated carbocycles. The Balaban J connectivity index is 2.18. The van der Waals surface area contributed by atoms with Crippen LogP contribution in [0.15, 0.2) is 18.6 Å². The van der Waals surface area contributed by atoms with Crippen LogP contribution in [0.1, 0.15) is 11.5 Å². The van der Waals surface area contributed by atoms with E-state index in [1.807, 2.05) is 17.8 Å². The summed E-state index contributed by atoms with van der Waals surface area (Å²) in [6.07, 6.45) is 5.29. The first-order chi connectivity index (χ1) is 6.79. The van der Waals surface area contributed by atoms with E-state index < -0.39 is 0 Å². The summed E-state index contributed by atoms with van der Waals surface area (Å²) in [7, 11) is 1.82. The van der Waals surface area contributed by atoms with Gasteiger partial charge in [0.2, 0.25) is 0 Å². The number of hydrogen-bond acceptors (Lipinski definition) is 4. The van der Waals surface area contributed by atoms with E-state index in [4.69, 9.17) is 5.11 Å². The fourth-order valence-corrected chi connectivity index (χ4v) is 1.28. The third-order valence-electron chi connectivity index (χ3n) is 1.93. The van der Waals surface area contributed by atoms with Crippen molar-refractivity contribution in [3.8, 4) is 0 Å². The molecule has 0 bridgehead atoms. The highest BCUT2D eigenvalue weighted by atomic mass is 16.3. The summed E-state index contributed by atoms with van der Waals surface area (Å²) >= 11 is 0. The van der Waals surface area contributed by atoms with Gasteiger partial charge in [-0.25, -0.2) is 4.98 Å². The molecule has 0 saturated heterocycles. The number of aromatic nitrogens is 5. The third kappa shape index (κ3) is 1.64. The van der Waals surface area contributed by atoms with E-state index in [1.54, 1.807) is 17.1 Å². The second-order valence-electron chi connectivity index (χ2n) is 3.01. The Morgan fingerprint density at radius 1 is 1.50 bits per heavy atom. The fourth-order valence-electron chi connectivity index (χ4n) is 1.28. The van der Waals surface area contributed by atoms with Crippen LogP contribution in [-0.2, 0) is 20.2 Å². The fraction of sp³-hybridized carbons (Fsp3) is 0.375. The van der Waals surface area contributed by atoms with E-state index in [0.29, 0.717) is 12.4 Å². The Morgan fingerprint density at radius 3 is 3.00 bits per heavy atom. The molecule has 74 valence electrons. The van der Waals surface area contributed by atoms with Crippen LogP contribution in [0.5, 0.6) is 0 Å². The van der Waals surface area contributed by atoms with Crippen molar-refractivity contribution in [2.24, 2.45) is 7.05 Å². The van der Waals surface area contributed by atoms with Gasteiger partial charge in [0.05, 0.1) is 6.54 Å². The van der Waals surface area contributed by atoms with Crippen molar-refractivity contribution < 1.29 is 5.11 Å². The van der Waals surface area contributed by atoms with Crippen LogP contribution in [0.4, 0.5) is 0 Å². The first kappa shape index (κ1) is 8.89. The van der Waals surface area contributed by atoms with E-state index in [1.165, 1.54) is 0 Å². The molecule has 0 unspecified atom stereocenters. The molecule has 6 nitrogen and oxygen atoms in total. The van der Waals surface area contributed by atoms with Crippen molar-refractivity contribution in [1.29, 1.82) is 0 Å². The van der Waals surface area contributed by atoms with E-state index in [-0.39, 0.29) is 6.61 Å². The lowest BCUT2D eigenvalue weighted by Gasteiger charge is -2.01. The molecule has 14 heavy (non-hydrogen) atoms. The summed E-state index contributed by atoms with van der Waals surface area (Å²) < 4.78 is 3.48. The molecule has 2 heterocycles. The smallest absolute Gasteiger partial charge is 0.134 e. The molecule has 0 atom stereocenters. The van der Waals surface area contributed by atoms with Gasteiger partial charge in [0.15, 0.2) is 0 Å². The van der Waals surface area contributed by atoms with Crippen molar-refractivity contribution in [2.45, 2.75) is 13.2 Å². The van der Waals surface area contributed by atoms with Gasteiger partial charge >= 0.3 is 0 Å². The lowest BCUT2D eigenvalue weighted by Crippen LogP contribution is -2.04. The van der Waals surface area contributed by atoms with Crippen molar-refractivity contribution >= 4 is 0 Å². The van der Waals surface area contributed by atoms with Crippen LogP contribution in [0, 0.1) is 0 Å². The summed E-state index contributed by atoms with van der Waals surface area (Å²) in [5.74, 6) is 0.635. The average molecular weight is 193 g/mol. The molecule has 0 radical (unpaired) electrons. The Kier molecular flexibility index (Phi) is 2.28. The molecule has 2 aromatic heterocycles. The van der Waals surface area contributed by atoms with Crippen LogP contribution in [0.3, 0.4) is 0 Å². The lowest BCUT2D eigenvalue weighted by atomic mass is 10.4. The minimum atomic E-state index is -0.0622. The predicted molar refractivity (Wildman–Crippen MR) is 48.3 cm³/mol. The lowest BCUT2D eigenvalue weighted by molar-refractivity contribution is 0.266. The highest BCUT2D eigenvalue weighted by Crippen LogP contribution is 2.01. The minimum absolute atomic E-state index is 0.0622. The van der Waals surface area contributed by atoms with E-state index in [9.17, 15) is 0 Å². The zero-order valence-electron chi connectivity index (χ0n) is 7.83. The van der Waals surface area contributed by atoms with Crippen LogP contribution in [0.25, 0.3) is 0 Å². The SMILES string of the molecule is Cn1cc(Cn2ccnc2CO)nn1. The molecule has 0 amide bonds. The summed E-state index contributed by atoms with van der Waals surface area (Å²) in [5.41, 5.74) is 0.847. The maximum absolute atomic E-state index is 8.97. The molecule has 0 aliphatic carbocycles. The normalized spacial score (nSPS) is 10.7. The van der Waals surface area contributed by atoms with Gasteiger partial charge in [-0.15, -0.1) is 5.10 Å². The predicted octanol–water partition coefficient (Wildman–Crippen LogP) is -0.448. The number of aryl methyl sites for hydroxylation is 1. The van der Waals surface area contributed by atoms with E-state index in [0.717, 1.165) is 5.69 Å². The van der Waals surface area contributed by atoms with Crippen molar-refractivity contribution in [2.75, 3.05) is 0 Å². The molecular formula is C8H11N5O. The molecule has 6 heteroatoms. The van der Waals surface area contributed by atoms with E-state index >= 15 is 0 Å². The van der Waals surface area contributed by atoms with Gasteiger partial charge in [0, 0.05) is 25.6 Å². The second kappa shape index (κ2) is 3.59. The quantitative estimate of drug-likeness (QED) is 0.717. The second-order valence-corrected chi connectivity index (χ2v) is 3.01. The summed E-state index contributed by atoms with van der Waals surface area (Å²) in [4.78, 5) is 4.00. The monoisotopic (exact) mass is 193 g/mol. The van der Waals surface area contributed by atoms with Gasteiger partial charge in [0.25, 0.3) is 0 Å². The molecule has 0 fully saturated rings. The van der Waals surface area contributed by atoms with Crippen LogP contribution >= 0.6 is 0 Å². The molecule has 0 aromatic carbocycles. The topological polar surface area (TPSA) is 68.8 Å². The van der Waals surface area contributed by atoms with Gasteiger partial charge in [-0.3, -0.25) is 4.68 Å². The van der Waals surface area contributed by atoms with Crippen LogP contribution in [-0.4, -0.2) is 29.7 Å². The van der Waals surface area contributed by atoms with Crippen LogP contribution in [0.2, 0.25) is 0 Å². The van der Waals surface area contributed by atoms with Crippen molar-refractivity contribution in [1.82, 2.24) is 24.5 Å². The Labute approximate surface area is 80.8 Å². The molecule has 1 N–H and O–H groups in total. The average Bonchev–Trinajstić information content (AvgIpc) is 2.76. The number of nitrogens with zero attached hydrogens (tertiary/aromatic N) is 5. The first-order valence-electron chi connectivity index (χ1n) is 4.25. The summed E-state index contributed by atoms with van der Waals surface area (Å²) in [6.45, 7) is 0.525. The number of hydrogen-bond donors (Lipinski definition) is 1. The van der Waals surface area contributed by atoms with Crippen LogP contribution < -0.4 is 0 Å². The van der Waals surface area contributed by atoms with Crippen molar-refractivity contribution in [3.63, 3.8) is 0 Å². The highest BCUT2D eigenvalue weighted by molar-refractivity contribution is 4.98. The van der Waals surface area contributed by atoms with Crippen molar-refractivity contribution in [3.05, 3.63) is 30.1 Å². The van der Waals surface area contributed by atoms with Gasteiger partial charge in [-0.05, 0) is 0 Å². The standard InChI is InChI=1S/C8H11N5O/c1-12-4-7(10-11-12)5-13-3-2-9-8(13)6-14/h2-4,14H,5-6H2,1H3. The number of rotatable bonds is 3. The molecule has 2 rings (SSSR count). The molecular weight excluding hydrogens is 182 g/mol. The minimum Gasteiger partial charge on any atom is -0.388 e. The molecule has 0 aliphatic rings. The molecule has 0 aliphatic heterocycles. The Morgan fingerprint density at radius 2 is 2.36 bits per heavy atom. The van der Waals surface area contributed by atoms with Gasteiger partial charge in [-0.1, -0.05) is 5.21 Å². The number of aliphatic hydroxyl groups excluding tert-OH is 1. The molecule has 2 aromatic rings. The Bertz CT molecular complexity index is 419. The summed E-state index contributed by atoms with van der Waals surface area (Å²) in [5, 5.41) is 16.7.